The summed E-state index contributed by atoms with van der Waals surface area (Å²) < 4.78 is 31.2. The first-order chi connectivity index (χ1) is 15.9. The van der Waals surface area contributed by atoms with Crippen molar-refractivity contribution in [2.45, 2.75) is 29.1 Å². The third kappa shape index (κ3) is 6.97. The number of esters is 1. The molecule has 1 aromatic carbocycles. The van der Waals surface area contributed by atoms with E-state index in [2.05, 4.69) is 4.99 Å². The molecule has 3 atom stereocenters. The number of hydrogen-bond donors (Lipinski definition) is 0. The van der Waals surface area contributed by atoms with Crippen LogP contribution in [-0.4, -0.2) is 56.8 Å². The Morgan fingerprint density at radius 1 is 1.26 bits per heavy atom. The number of alkyl halides is 3. The smallest absolute Gasteiger partial charge is 0.476 e. The van der Waals surface area contributed by atoms with Gasteiger partial charge in [0.2, 0.25) is 3.79 Å². The number of benzene rings is 1. The van der Waals surface area contributed by atoms with E-state index < -0.39 is 40.6 Å². The Bertz CT molecular complexity index is 1050. The molecule has 1 fully saturated rings. The number of hydrogen-bond acceptors (Lipinski definition) is 9. The maximum Gasteiger partial charge on any atom is 0.476 e. The first-order valence-electron chi connectivity index (χ1n) is 9.74. The van der Waals surface area contributed by atoms with Crippen LogP contribution in [0.25, 0.3) is 0 Å². The first kappa shape index (κ1) is 27.5. The molecule has 186 valence electrons. The highest BCUT2D eigenvalue weighted by Gasteiger charge is 2.56. The fourth-order valence-corrected chi connectivity index (χ4v) is 5.74. The second-order valence-corrected chi connectivity index (χ2v) is 13.1. The van der Waals surface area contributed by atoms with Crippen molar-refractivity contribution in [2.75, 3.05) is 19.8 Å². The molecule has 1 saturated heterocycles. The second kappa shape index (κ2) is 11.3. The van der Waals surface area contributed by atoms with Gasteiger partial charge in [0.15, 0.2) is 11.7 Å². The number of fused-ring (bicyclic) bond motifs is 1. The van der Waals surface area contributed by atoms with Crippen molar-refractivity contribution in [1.29, 1.82) is 0 Å². The average molecular weight is 592 g/mol. The van der Waals surface area contributed by atoms with Crippen molar-refractivity contribution in [3.05, 3.63) is 41.8 Å². The van der Waals surface area contributed by atoms with Crippen LogP contribution in [0.4, 0.5) is 0 Å². The Kier molecular flexibility index (Phi) is 9.12. The van der Waals surface area contributed by atoms with E-state index in [1.807, 2.05) is 18.2 Å². The molecule has 2 aliphatic rings. The van der Waals surface area contributed by atoms with Gasteiger partial charge in [-0.3, -0.25) is 19.2 Å². The minimum absolute atomic E-state index is 0.0110. The lowest BCUT2D eigenvalue weighted by atomic mass is 10.1. The number of rotatable bonds is 10. The van der Waals surface area contributed by atoms with Crippen LogP contribution in [0.2, 0.25) is 0 Å². The number of para-hydroxylation sites is 1. The van der Waals surface area contributed by atoms with Crippen molar-refractivity contribution in [1.82, 2.24) is 4.90 Å². The van der Waals surface area contributed by atoms with Crippen LogP contribution in [0.1, 0.15) is 13.8 Å². The van der Waals surface area contributed by atoms with Crippen LogP contribution >= 0.6 is 64.8 Å². The van der Waals surface area contributed by atoms with Gasteiger partial charge in [-0.05, 0) is 26.0 Å². The Hall–Kier alpha value is -1.13. The van der Waals surface area contributed by atoms with Gasteiger partial charge < -0.3 is 14.0 Å². The topological polar surface area (TPSA) is 104 Å². The number of carbonyl (C=O) groups is 2. The summed E-state index contributed by atoms with van der Waals surface area (Å²) in [5.74, 6) is -1.17. The number of halogens is 4. The zero-order valence-corrected chi connectivity index (χ0v) is 22.5. The van der Waals surface area contributed by atoms with Crippen LogP contribution in [0.5, 0.6) is 5.75 Å². The molecule has 1 aromatic rings. The van der Waals surface area contributed by atoms with Crippen LogP contribution in [0.3, 0.4) is 0 Å². The predicted octanol–water partition coefficient (Wildman–Crippen LogP) is 5.29. The predicted molar refractivity (Wildman–Crippen MR) is 132 cm³/mol. The number of β-lactam (4-membered cyclic amide) rings is 1. The normalized spacial score (nSPS) is 22.1. The van der Waals surface area contributed by atoms with Crippen LogP contribution in [0, 0.1) is 0 Å². The Balaban J connectivity index is 1.78. The van der Waals surface area contributed by atoms with Crippen molar-refractivity contribution < 1.29 is 32.7 Å². The number of ether oxygens (including phenoxy) is 2. The van der Waals surface area contributed by atoms with E-state index in [0.29, 0.717) is 10.8 Å². The molecule has 0 aliphatic carbocycles. The van der Waals surface area contributed by atoms with Crippen molar-refractivity contribution in [3.8, 4) is 5.75 Å². The molecule has 0 N–H and O–H groups in total. The van der Waals surface area contributed by atoms with E-state index in [1.54, 1.807) is 19.1 Å². The van der Waals surface area contributed by atoms with Gasteiger partial charge >= 0.3 is 12.9 Å². The van der Waals surface area contributed by atoms with Crippen LogP contribution in [-0.2, 0) is 27.9 Å². The minimum Gasteiger partial charge on any atom is -0.487 e. The molecule has 3 unspecified atom stereocenters. The highest BCUT2D eigenvalue weighted by atomic mass is 35.7. The molecule has 1 amide bonds. The van der Waals surface area contributed by atoms with Gasteiger partial charge in [0.05, 0.1) is 6.61 Å². The quantitative estimate of drug-likeness (QED) is 0.0902. The molecule has 0 spiro atoms. The molecule has 2 aliphatic heterocycles. The van der Waals surface area contributed by atoms with Gasteiger partial charge in [0.1, 0.15) is 35.1 Å². The lowest BCUT2D eigenvalue weighted by molar-refractivity contribution is -0.150. The third-order valence-corrected chi connectivity index (χ3v) is 7.42. The van der Waals surface area contributed by atoms with Gasteiger partial charge in [0, 0.05) is 11.2 Å². The number of amides is 1. The number of allylic oxidation sites excluding steroid dienone is 1. The minimum atomic E-state index is -4.09. The number of carbonyl (C=O) groups excluding carboxylic acids is 2. The maximum absolute atomic E-state index is 12.9. The summed E-state index contributed by atoms with van der Waals surface area (Å²) in [6.07, 6.45) is 0. The molecule has 0 radical (unpaired) electrons. The Morgan fingerprint density at radius 3 is 2.56 bits per heavy atom. The van der Waals surface area contributed by atoms with Gasteiger partial charge in [0.25, 0.3) is 5.91 Å². The fraction of sp³-hybridized carbons (Fsp3) is 0.421. The summed E-state index contributed by atoms with van der Waals surface area (Å²) in [6, 6.07) is 8.35. The van der Waals surface area contributed by atoms with E-state index in [4.69, 9.17) is 64.6 Å². The Morgan fingerprint density at radius 2 is 1.94 bits per heavy atom. The zero-order chi connectivity index (χ0) is 25.1. The highest BCUT2D eigenvalue weighted by Crippen LogP contribution is 2.56. The van der Waals surface area contributed by atoms with Crippen molar-refractivity contribution in [3.63, 3.8) is 0 Å². The second-order valence-electron chi connectivity index (χ2n) is 6.82. The molecule has 3 rings (SSSR count). The van der Waals surface area contributed by atoms with E-state index in [1.165, 1.54) is 18.7 Å². The molecule has 2 heterocycles. The maximum atomic E-state index is 12.9. The number of thioether (sulfide) groups is 1. The van der Waals surface area contributed by atoms with Gasteiger partial charge in [-0.15, -0.1) is 0 Å². The number of aliphatic imine (C=N–C) groups is 1. The largest absolute Gasteiger partial charge is 0.487 e. The van der Waals surface area contributed by atoms with Gasteiger partial charge in [-0.2, -0.15) is 0 Å². The highest BCUT2D eigenvalue weighted by molar-refractivity contribution is 8.15. The fourth-order valence-electron chi connectivity index (χ4n) is 3.00. The van der Waals surface area contributed by atoms with Crippen LogP contribution in [0.15, 0.2) is 46.8 Å². The summed E-state index contributed by atoms with van der Waals surface area (Å²) in [5.41, 5.74) is -0.353. The molecule has 0 bridgehead atoms. The monoisotopic (exact) mass is 590 g/mol. The van der Waals surface area contributed by atoms with Crippen molar-refractivity contribution >= 4 is 81.7 Å². The lowest BCUT2D eigenvalue weighted by Crippen LogP contribution is -2.61. The summed E-state index contributed by atoms with van der Waals surface area (Å²) in [7, 11) is 0. The average Bonchev–Trinajstić information content (AvgIpc) is 3.13. The summed E-state index contributed by atoms with van der Waals surface area (Å²) >= 11 is 24.0. The van der Waals surface area contributed by atoms with E-state index in [9.17, 15) is 14.2 Å². The molecular formula is C19H19Cl4N2O7PS. The molecule has 34 heavy (non-hydrogen) atoms. The SMILES string of the molecule is CCOP(=O)(Cl)OC(C)=C(C(=O)OCC(Cl)(Cl)Cl)N1C(=O)C2N=C(COc3ccccc3)SC21. The van der Waals surface area contributed by atoms with Crippen LogP contribution < -0.4 is 4.74 Å². The summed E-state index contributed by atoms with van der Waals surface area (Å²) in [6.45, 7) is -1.72. The van der Waals surface area contributed by atoms with E-state index >= 15 is 0 Å². The first-order valence-corrected chi connectivity index (χ1v) is 14.2. The Labute approximate surface area is 219 Å². The van der Waals surface area contributed by atoms with E-state index in [-0.39, 0.29) is 24.7 Å². The molecular weight excluding hydrogens is 573 g/mol. The summed E-state index contributed by atoms with van der Waals surface area (Å²) in [4.78, 5) is 31.2. The summed E-state index contributed by atoms with van der Waals surface area (Å²) in [5, 5.41) is -0.0304. The third-order valence-electron chi connectivity index (χ3n) is 4.32. The number of likely N-dealkylation sites (tertiary alicyclic amines) is 1. The number of nitrogens with zero attached hydrogens (tertiary/aromatic N) is 2. The molecule has 15 heteroatoms. The molecule has 0 saturated carbocycles. The van der Waals surface area contributed by atoms with Gasteiger partial charge in [-0.25, -0.2) is 9.36 Å². The molecule has 9 nitrogen and oxygen atoms in total. The van der Waals surface area contributed by atoms with Crippen molar-refractivity contribution in [2.24, 2.45) is 4.99 Å². The van der Waals surface area contributed by atoms with Gasteiger partial charge in [-0.1, -0.05) is 64.8 Å². The zero-order valence-electron chi connectivity index (χ0n) is 17.8. The lowest BCUT2D eigenvalue weighted by Gasteiger charge is -2.41. The van der Waals surface area contributed by atoms with E-state index in [0.717, 1.165) is 4.90 Å². The standard InChI is InChI=1S/C19H19Cl4N2O7PS/c1-3-31-33(23,28)32-11(2)15(18(27)30-10-19(20,21)22)25-16(26)14-17(25)34-13(24-14)9-29-12-7-5-4-6-8-12/h4-8,14,17H,3,9-10H2,1-2H3. The molecule has 0 aromatic heterocycles.